The monoisotopic (exact) mass is 377 g/mol. The van der Waals surface area contributed by atoms with Gasteiger partial charge in [0.1, 0.15) is 12.3 Å². The van der Waals surface area contributed by atoms with Gasteiger partial charge in [0.25, 0.3) is 5.56 Å². The van der Waals surface area contributed by atoms with Crippen LogP contribution in [-0.2, 0) is 17.9 Å². The number of hydrogen-bond donors (Lipinski definition) is 1. The van der Waals surface area contributed by atoms with Gasteiger partial charge in [-0.05, 0) is 37.6 Å². The number of ether oxygens (including phenoxy) is 1. The molecule has 0 bridgehead atoms. The predicted molar refractivity (Wildman–Crippen MR) is 108 cm³/mol. The zero-order valence-corrected chi connectivity index (χ0v) is 16.2. The summed E-state index contributed by atoms with van der Waals surface area (Å²) >= 11 is 0. The molecule has 0 radical (unpaired) electrons. The van der Waals surface area contributed by atoms with Crippen molar-refractivity contribution in [3.63, 3.8) is 0 Å². The fourth-order valence-corrected chi connectivity index (χ4v) is 2.95. The highest BCUT2D eigenvalue weighted by Crippen LogP contribution is 2.21. The van der Waals surface area contributed by atoms with E-state index in [1.54, 1.807) is 13.2 Å². The molecule has 0 saturated heterocycles. The summed E-state index contributed by atoms with van der Waals surface area (Å²) in [5.41, 5.74) is 4.32. The van der Waals surface area contributed by atoms with Gasteiger partial charge in [0.2, 0.25) is 5.91 Å². The highest BCUT2D eigenvalue weighted by Gasteiger charge is 2.10. The number of amides is 1. The molecule has 0 saturated carbocycles. The van der Waals surface area contributed by atoms with Gasteiger partial charge in [0.05, 0.1) is 12.8 Å². The van der Waals surface area contributed by atoms with Gasteiger partial charge in [-0.1, -0.05) is 35.9 Å². The number of carbonyl (C=O) groups is 1. The number of methoxy groups -OCH3 is 1. The second kappa shape index (κ2) is 8.52. The molecule has 2 aromatic carbocycles. The van der Waals surface area contributed by atoms with Crippen LogP contribution in [0.15, 0.2) is 59.4 Å². The number of hydrogen-bond acceptors (Lipinski definition) is 4. The first-order valence-electron chi connectivity index (χ1n) is 9.02. The first-order valence-corrected chi connectivity index (χ1v) is 9.02. The molecule has 0 fully saturated rings. The lowest BCUT2D eigenvalue weighted by Gasteiger charge is -2.11. The number of rotatable bonds is 6. The third kappa shape index (κ3) is 4.46. The third-order valence-electron chi connectivity index (χ3n) is 4.50. The largest absolute Gasteiger partial charge is 0.496 e. The van der Waals surface area contributed by atoms with Crippen LogP contribution in [0.5, 0.6) is 5.75 Å². The standard InChI is InChI=1S/C22H23N3O3/c1-15-8-9-16(2)18(12-15)19-10-11-22(27)25(24-19)14-21(26)23-13-17-6-4-5-7-20(17)28-3/h4-12H,13-14H2,1-3H3,(H,23,26). The van der Waals surface area contributed by atoms with Gasteiger partial charge >= 0.3 is 0 Å². The minimum atomic E-state index is -0.318. The van der Waals surface area contributed by atoms with Crippen molar-refractivity contribution in [1.29, 1.82) is 0 Å². The summed E-state index contributed by atoms with van der Waals surface area (Å²) in [5.74, 6) is 0.411. The van der Waals surface area contributed by atoms with E-state index in [0.29, 0.717) is 18.0 Å². The van der Waals surface area contributed by atoms with Crippen LogP contribution in [-0.4, -0.2) is 22.8 Å². The highest BCUT2D eigenvalue weighted by molar-refractivity contribution is 5.75. The summed E-state index contributed by atoms with van der Waals surface area (Å²) < 4.78 is 6.47. The minimum Gasteiger partial charge on any atom is -0.496 e. The summed E-state index contributed by atoms with van der Waals surface area (Å²) in [6.07, 6.45) is 0. The van der Waals surface area contributed by atoms with E-state index >= 15 is 0 Å². The van der Waals surface area contributed by atoms with Crippen molar-refractivity contribution in [3.05, 3.63) is 81.6 Å². The summed E-state index contributed by atoms with van der Waals surface area (Å²) in [7, 11) is 1.59. The maximum atomic E-state index is 12.4. The van der Waals surface area contributed by atoms with Crippen LogP contribution in [0, 0.1) is 13.8 Å². The topological polar surface area (TPSA) is 73.2 Å². The van der Waals surface area contributed by atoms with Gasteiger partial charge in [-0.25, -0.2) is 4.68 Å². The van der Waals surface area contributed by atoms with E-state index in [0.717, 1.165) is 22.3 Å². The van der Waals surface area contributed by atoms with E-state index in [2.05, 4.69) is 10.4 Å². The van der Waals surface area contributed by atoms with Crippen molar-refractivity contribution in [2.75, 3.05) is 7.11 Å². The van der Waals surface area contributed by atoms with Gasteiger partial charge in [-0.2, -0.15) is 5.10 Å². The number of benzene rings is 2. The predicted octanol–water partition coefficient (Wildman–Crippen LogP) is 2.85. The Bertz CT molecular complexity index is 1060. The fourth-order valence-electron chi connectivity index (χ4n) is 2.95. The lowest BCUT2D eigenvalue weighted by molar-refractivity contribution is -0.122. The van der Waals surface area contributed by atoms with Gasteiger partial charge in [-0.15, -0.1) is 0 Å². The molecule has 144 valence electrons. The molecule has 6 nitrogen and oxygen atoms in total. The first-order chi connectivity index (χ1) is 13.5. The minimum absolute atomic E-state index is 0.146. The van der Waals surface area contributed by atoms with Crippen molar-refractivity contribution >= 4 is 5.91 Å². The molecule has 0 unspecified atom stereocenters. The second-order valence-corrected chi connectivity index (χ2v) is 6.62. The van der Waals surface area contributed by atoms with Crippen LogP contribution < -0.4 is 15.6 Å². The lowest BCUT2D eigenvalue weighted by atomic mass is 10.0. The molecule has 0 atom stereocenters. The van der Waals surface area contributed by atoms with Crippen molar-refractivity contribution in [2.45, 2.75) is 26.9 Å². The van der Waals surface area contributed by atoms with Gasteiger partial charge in [0, 0.05) is 23.7 Å². The summed E-state index contributed by atoms with van der Waals surface area (Å²) in [4.78, 5) is 24.5. The van der Waals surface area contributed by atoms with E-state index in [9.17, 15) is 9.59 Å². The zero-order valence-electron chi connectivity index (χ0n) is 16.2. The summed E-state index contributed by atoms with van der Waals surface area (Å²) in [6.45, 7) is 4.16. The van der Waals surface area contributed by atoms with E-state index < -0.39 is 0 Å². The maximum absolute atomic E-state index is 12.4. The van der Waals surface area contributed by atoms with Crippen molar-refractivity contribution in [2.24, 2.45) is 0 Å². The normalized spacial score (nSPS) is 10.5. The number of nitrogens with one attached hydrogen (secondary N) is 1. The van der Waals surface area contributed by atoms with Crippen LogP contribution in [0.4, 0.5) is 0 Å². The summed E-state index contributed by atoms with van der Waals surface area (Å²) in [5, 5.41) is 7.20. The first kappa shape index (κ1) is 19.4. The molecule has 6 heteroatoms. The van der Waals surface area contributed by atoms with Crippen molar-refractivity contribution in [1.82, 2.24) is 15.1 Å². The number of nitrogens with zero attached hydrogens (tertiary/aromatic N) is 2. The Hall–Kier alpha value is -3.41. The number of aromatic nitrogens is 2. The molecule has 1 N–H and O–H groups in total. The Morgan fingerprint density at radius 1 is 1.11 bits per heavy atom. The summed E-state index contributed by atoms with van der Waals surface area (Å²) in [6, 6.07) is 16.7. The number of carbonyl (C=O) groups excluding carboxylic acids is 1. The Morgan fingerprint density at radius 2 is 1.89 bits per heavy atom. The molecule has 1 aromatic heterocycles. The van der Waals surface area contributed by atoms with Crippen LogP contribution in [0.3, 0.4) is 0 Å². The van der Waals surface area contributed by atoms with Crippen LogP contribution in [0.25, 0.3) is 11.3 Å². The maximum Gasteiger partial charge on any atom is 0.267 e. The van der Waals surface area contributed by atoms with Crippen LogP contribution in [0.1, 0.15) is 16.7 Å². The van der Waals surface area contributed by atoms with Gasteiger partial charge in [-0.3, -0.25) is 9.59 Å². The van der Waals surface area contributed by atoms with Crippen LogP contribution >= 0.6 is 0 Å². The molecule has 0 aliphatic carbocycles. The molecule has 1 heterocycles. The molecule has 28 heavy (non-hydrogen) atoms. The van der Waals surface area contributed by atoms with E-state index in [-0.39, 0.29) is 18.0 Å². The Labute approximate surface area is 163 Å². The quantitative estimate of drug-likeness (QED) is 0.717. The molecular formula is C22H23N3O3. The zero-order chi connectivity index (χ0) is 20.1. The SMILES string of the molecule is COc1ccccc1CNC(=O)Cn1nc(-c2cc(C)ccc2C)ccc1=O. The molecular weight excluding hydrogens is 354 g/mol. The van der Waals surface area contributed by atoms with Crippen molar-refractivity contribution < 1.29 is 9.53 Å². The molecule has 0 aliphatic rings. The Kier molecular flexibility index (Phi) is 5.89. The van der Waals surface area contributed by atoms with Gasteiger partial charge < -0.3 is 10.1 Å². The van der Waals surface area contributed by atoms with Crippen LogP contribution in [0.2, 0.25) is 0 Å². The number of aryl methyl sites for hydroxylation is 2. The smallest absolute Gasteiger partial charge is 0.267 e. The molecule has 0 aliphatic heterocycles. The second-order valence-electron chi connectivity index (χ2n) is 6.62. The molecule has 0 spiro atoms. The average molecular weight is 377 g/mol. The van der Waals surface area contributed by atoms with Gasteiger partial charge in [0.15, 0.2) is 0 Å². The van der Waals surface area contributed by atoms with Crippen molar-refractivity contribution in [3.8, 4) is 17.0 Å². The Balaban J connectivity index is 1.76. The number of para-hydroxylation sites is 1. The average Bonchev–Trinajstić information content (AvgIpc) is 2.70. The fraction of sp³-hybridized carbons (Fsp3) is 0.227. The van der Waals surface area contributed by atoms with E-state index in [1.165, 1.54) is 10.7 Å². The molecule has 1 amide bonds. The molecule has 3 rings (SSSR count). The van der Waals surface area contributed by atoms with E-state index in [1.807, 2.05) is 56.3 Å². The lowest BCUT2D eigenvalue weighted by Crippen LogP contribution is -2.33. The highest BCUT2D eigenvalue weighted by atomic mass is 16.5. The third-order valence-corrected chi connectivity index (χ3v) is 4.50. The Morgan fingerprint density at radius 3 is 2.68 bits per heavy atom. The molecule has 3 aromatic rings. The van der Waals surface area contributed by atoms with E-state index in [4.69, 9.17) is 4.74 Å².